The highest BCUT2D eigenvalue weighted by atomic mass is 35.5. The van der Waals surface area contributed by atoms with Crippen LogP contribution in [-0.2, 0) is 11.2 Å². The van der Waals surface area contributed by atoms with E-state index in [1.165, 1.54) is 4.90 Å². The van der Waals surface area contributed by atoms with Crippen LogP contribution in [0.25, 0.3) is 0 Å². The molecule has 0 aromatic heterocycles. The minimum Gasteiger partial charge on any atom is -0.339 e. The first-order valence-corrected chi connectivity index (χ1v) is 7.74. The summed E-state index contributed by atoms with van der Waals surface area (Å²) in [5.41, 5.74) is 0.828. The molecule has 0 aliphatic carbocycles. The Bertz CT molecular complexity index is 585. The summed E-state index contributed by atoms with van der Waals surface area (Å²) in [6.07, 6.45) is -4.22. The number of halogens is 4. The lowest BCUT2D eigenvalue weighted by molar-refractivity contribution is -0.131. The van der Waals surface area contributed by atoms with E-state index in [-0.39, 0.29) is 25.4 Å². The molecule has 132 valence electrons. The quantitative estimate of drug-likeness (QED) is 0.896. The summed E-state index contributed by atoms with van der Waals surface area (Å²) in [6.45, 7) is -0.356. The normalized spacial score (nSPS) is 15.3. The van der Waals surface area contributed by atoms with E-state index >= 15 is 0 Å². The molecule has 1 aromatic carbocycles. The van der Waals surface area contributed by atoms with E-state index in [2.05, 4.69) is 0 Å². The van der Waals surface area contributed by atoms with Gasteiger partial charge in [-0.05, 0) is 17.7 Å². The fourth-order valence-electron chi connectivity index (χ4n) is 2.34. The van der Waals surface area contributed by atoms with E-state index in [0.717, 1.165) is 5.56 Å². The van der Waals surface area contributed by atoms with Crippen LogP contribution in [0.4, 0.5) is 18.0 Å². The Morgan fingerprint density at radius 2 is 1.58 bits per heavy atom. The average molecular weight is 364 g/mol. The Balaban J connectivity index is 1.78. The van der Waals surface area contributed by atoms with Gasteiger partial charge in [-0.2, -0.15) is 13.2 Å². The topological polar surface area (TPSA) is 52.7 Å². The first-order chi connectivity index (χ1) is 11.2. The Hall–Kier alpha value is -1.96. The van der Waals surface area contributed by atoms with Gasteiger partial charge < -0.3 is 15.1 Å². The molecule has 2 rings (SSSR count). The van der Waals surface area contributed by atoms with E-state index in [1.807, 2.05) is 5.32 Å². The highest BCUT2D eigenvalue weighted by Gasteiger charge is 2.30. The standard InChI is InChI=1S/C15H17ClF3N3O2/c16-12-3-1-11(2-4-12)9-13(23)21-5-7-22(8-6-21)14(24)20-10-15(17,18)19/h1-4H,5-10H2,(H,20,24). The number of rotatable bonds is 3. The average Bonchev–Trinajstić information content (AvgIpc) is 2.54. The third-order valence-electron chi connectivity index (χ3n) is 3.63. The smallest absolute Gasteiger partial charge is 0.339 e. The van der Waals surface area contributed by atoms with Crippen LogP contribution in [0.3, 0.4) is 0 Å². The number of nitrogens with zero attached hydrogens (tertiary/aromatic N) is 2. The number of alkyl halides is 3. The lowest BCUT2D eigenvalue weighted by Crippen LogP contribution is -2.54. The Labute approximate surface area is 142 Å². The molecule has 1 fully saturated rings. The summed E-state index contributed by atoms with van der Waals surface area (Å²) in [6, 6.07) is 6.17. The molecule has 1 saturated heterocycles. The zero-order valence-corrected chi connectivity index (χ0v) is 13.5. The first-order valence-electron chi connectivity index (χ1n) is 7.36. The van der Waals surface area contributed by atoms with Crippen molar-refractivity contribution in [2.75, 3.05) is 32.7 Å². The SMILES string of the molecule is O=C(Cc1ccc(Cl)cc1)N1CCN(C(=O)NCC(F)(F)F)CC1. The van der Waals surface area contributed by atoms with Crippen molar-refractivity contribution in [2.24, 2.45) is 0 Å². The molecule has 1 heterocycles. The molecule has 0 unspecified atom stereocenters. The monoisotopic (exact) mass is 363 g/mol. The van der Waals surface area contributed by atoms with Crippen LogP contribution in [0.15, 0.2) is 24.3 Å². The highest BCUT2D eigenvalue weighted by molar-refractivity contribution is 6.30. The molecule has 0 radical (unpaired) electrons. The molecule has 9 heteroatoms. The highest BCUT2D eigenvalue weighted by Crippen LogP contribution is 2.14. The summed E-state index contributed by atoms with van der Waals surface area (Å²) in [5, 5.41) is 2.42. The number of piperazine rings is 1. The molecule has 1 aliphatic rings. The van der Waals surface area contributed by atoms with Crippen LogP contribution < -0.4 is 5.32 Å². The van der Waals surface area contributed by atoms with E-state index in [4.69, 9.17) is 11.6 Å². The molecular formula is C15H17ClF3N3O2. The molecule has 0 bridgehead atoms. The number of carbonyl (C=O) groups excluding carboxylic acids is 2. The van der Waals surface area contributed by atoms with Crippen LogP contribution in [0, 0.1) is 0 Å². The van der Waals surface area contributed by atoms with Gasteiger partial charge in [-0.3, -0.25) is 4.79 Å². The maximum Gasteiger partial charge on any atom is 0.405 e. The van der Waals surface area contributed by atoms with Crippen LogP contribution >= 0.6 is 11.6 Å². The number of carbonyl (C=O) groups is 2. The van der Waals surface area contributed by atoms with Crippen LogP contribution in [0.1, 0.15) is 5.56 Å². The fourth-order valence-corrected chi connectivity index (χ4v) is 2.46. The molecule has 24 heavy (non-hydrogen) atoms. The lowest BCUT2D eigenvalue weighted by Gasteiger charge is -2.34. The second kappa shape index (κ2) is 7.74. The maximum absolute atomic E-state index is 12.2. The Morgan fingerprint density at radius 3 is 2.12 bits per heavy atom. The minimum absolute atomic E-state index is 0.0901. The molecule has 1 N–H and O–H groups in total. The van der Waals surface area contributed by atoms with Crippen LogP contribution in [0.2, 0.25) is 5.02 Å². The molecule has 5 nitrogen and oxygen atoms in total. The fraction of sp³-hybridized carbons (Fsp3) is 0.467. The van der Waals surface area contributed by atoms with Gasteiger partial charge in [0.2, 0.25) is 5.91 Å². The van der Waals surface area contributed by atoms with Gasteiger partial charge in [-0.25, -0.2) is 4.79 Å². The zero-order valence-electron chi connectivity index (χ0n) is 12.8. The summed E-state index contributed by atoms with van der Waals surface area (Å²) in [4.78, 5) is 26.7. The molecule has 0 atom stereocenters. The van der Waals surface area contributed by atoms with Crippen molar-refractivity contribution >= 4 is 23.5 Å². The van der Waals surface area contributed by atoms with E-state index in [9.17, 15) is 22.8 Å². The molecular weight excluding hydrogens is 347 g/mol. The Morgan fingerprint density at radius 1 is 1.04 bits per heavy atom. The number of nitrogens with one attached hydrogen (secondary N) is 1. The molecule has 1 aromatic rings. The molecule has 0 spiro atoms. The van der Waals surface area contributed by atoms with Crippen LogP contribution in [-0.4, -0.2) is 60.6 Å². The largest absolute Gasteiger partial charge is 0.405 e. The number of hydrogen-bond donors (Lipinski definition) is 1. The van der Waals surface area contributed by atoms with Gasteiger partial charge >= 0.3 is 12.2 Å². The third-order valence-corrected chi connectivity index (χ3v) is 3.88. The van der Waals surface area contributed by atoms with Gasteiger partial charge in [0, 0.05) is 31.2 Å². The van der Waals surface area contributed by atoms with E-state index in [0.29, 0.717) is 18.1 Å². The van der Waals surface area contributed by atoms with Gasteiger partial charge in [-0.15, -0.1) is 0 Å². The van der Waals surface area contributed by atoms with E-state index in [1.54, 1.807) is 29.2 Å². The molecule has 3 amide bonds. The third kappa shape index (κ3) is 5.59. The molecule has 0 saturated carbocycles. The van der Waals surface area contributed by atoms with Crippen molar-refractivity contribution in [3.05, 3.63) is 34.9 Å². The van der Waals surface area contributed by atoms with Gasteiger partial charge in [0.05, 0.1) is 6.42 Å². The second-order valence-electron chi connectivity index (χ2n) is 5.44. The van der Waals surface area contributed by atoms with Crippen molar-refractivity contribution in [2.45, 2.75) is 12.6 Å². The first kappa shape index (κ1) is 18.4. The summed E-state index contributed by atoms with van der Waals surface area (Å²) >= 11 is 5.79. The maximum atomic E-state index is 12.2. The number of urea groups is 1. The molecule has 1 aliphatic heterocycles. The Kier molecular flexibility index (Phi) is 5.93. The van der Waals surface area contributed by atoms with E-state index < -0.39 is 18.8 Å². The van der Waals surface area contributed by atoms with Gasteiger partial charge in [0.15, 0.2) is 0 Å². The van der Waals surface area contributed by atoms with Gasteiger partial charge in [0.1, 0.15) is 6.54 Å². The summed E-state index contributed by atoms with van der Waals surface area (Å²) < 4.78 is 36.3. The lowest BCUT2D eigenvalue weighted by atomic mass is 10.1. The van der Waals surface area contributed by atoms with Crippen LogP contribution in [0.5, 0.6) is 0 Å². The summed E-state index contributed by atoms with van der Waals surface area (Å²) in [5.74, 6) is -0.0901. The number of benzene rings is 1. The summed E-state index contributed by atoms with van der Waals surface area (Å²) in [7, 11) is 0. The van der Waals surface area contributed by atoms with Crippen molar-refractivity contribution in [1.29, 1.82) is 0 Å². The predicted molar refractivity (Wildman–Crippen MR) is 82.8 cm³/mol. The number of hydrogen-bond acceptors (Lipinski definition) is 2. The van der Waals surface area contributed by atoms with Crippen molar-refractivity contribution in [3.63, 3.8) is 0 Å². The predicted octanol–water partition coefficient (Wildman–Crippen LogP) is 2.30. The number of amides is 3. The van der Waals surface area contributed by atoms with Crippen molar-refractivity contribution in [3.8, 4) is 0 Å². The van der Waals surface area contributed by atoms with Crippen molar-refractivity contribution in [1.82, 2.24) is 15.1 Å². The second-order valence-corrected chi connectivity index (χ2v) is 5.88. The van der Waals surface area contributed by atoms with Gasteiger partial charge in [-0.1, -0.05) is 23.7 Å². The zero-order chi connectivity index (χ0) is 17.7. The van der Waals surface area contributed by atoms with Crippen molar-refractivity contribution < 1.29 is 22.8 Å². The van der Waals surface area contributed by atoms with Gasteiger partial charge in [0.25, 0.3) is 0 Å². The minimum atomic E-state index is -4.44.